The Morgan fingerprint density at radius 2 is 1.59 bits per heavy atom. The van der Waals surface area contributed by atoms with Crippen LogP contribution in [0.5, 0.6) is 17.2 Å². The number of ether oxygens (including phenoxy) is 2. The van der Waals surface area contributed by atoms with E-state index in [-0.39, 0.29) is 11.5 Å². The molecule has 0 unspecified atom stereocenters. The largest absolute Gasteiger partial charge is 0.503 e. The average molecular weight is 525 g/mol. The molecule has 2 saturated heterocycles. The van der Waals surface area contributed by atoms with E-state index in [1.807, 2.05) is 30.3 Å². The number of benzene rings is 3. The second kappa shape index (κ2) is 8.66. The lowest BCUT2D eigenvalue weighted by molar-refractivity contribution is -0.126. The standard InChI is InChI=1S/C25H21BrN2O6/c1-32-18-11-7-6-10-17(18)27-24(30)20-21(14-12-16(26)22(29)19(13-14)33-2)28(34-23(20)25(27)31)15-8-4-3-5-9-15/h3-13,20-21,23,29H,1-2H3/t20-,21-,23-/m0/s1. The van der Waals surface area contributed by atoms with E-state index in [1.165, 1.54) is 14.2 Å². The maximum absolute atomic E-state index is 13.8. The van der Waals surface area contributed by atoms with Crippen LogP contribution in [-0.2, 0) is 14.4 Å². The van der Waals surface area contributed by atoms with Crippen molar-refractivity contribution in [1.29, 1.82) is 0 Å². The highest BCUT2D eigenvalue weighted by Crippen LogP contribution is 2.50. The Morgan fingerprint density at radius 3 is 2.29 bits per heavy atom. The van der Waals surface area contributed by atoms with Crippen molar-refractivity contribution in [2.45, 2.75) is 12.1 Å². The maximum Gasteiger partial charge on any atom is 0.266 e. The first kappa shape index (κ1) is 22.2. The summed E-state index contributed by atoms with van der Waals surface area (Å²) >= 11 is 3.36. The molecule has 0 radical (unpaired) electrons. The molecule has 2 aliphatic heterocycles. The number of nitrogens with zero attached hydrogens (tertiary/aromatic N) is 2. The molecule has 0 aromatic heterocycles. The number of rotatable bonds is 5. The van der Waals surface area contributed by atoms with Crippen molar-refractivity contribution in [3.8, 4) is 17.2 Å². The molecule has 0 bridgehead atoms. The molecule has 3 atom stereocenters. The molecule has 174 valence electrons. The molecule has 0 aliphatic carbocycles. The summed E-state index contributed by atoms with van der Waals surface area (Å²) in [4.78, 5) is 34.6. The number of hydrogen-bond donors (Lipinski definition) is 1. The van der Waals surface area contributed by atoms with Gasteiger partial charge in [0, 0.05) is 0 Å². The molecule has 34 heavy (non-hydrogen) atoms. The van der Waals surface area contributed by atoms with Gasteiger partial charge in [0.25, 0.3) is 5.91 Å². The van der Waals surface area contributed by atoms with Gasteiger partial charge >= 0.3 is 0 Å². The zero-order valence-corrected chi connectivity index (χ0v) is 19.9. The molecule has 8 nitrogen and oxygen atoms in total. The molecule has 3 aromatic rings. The molecular formula is C25H21BrN2O6. The van der Waals surface area contributed by atoms with Gasteiger partial charge in [-0.25, -0.2) is 9.96 Å². The number of methoxy groups -OCH3 is 2. The lowest BCUT2D eigenvalue weighted by atomic mass is 9.90. The zero-order valence-electron chi connectivity index (χ0n) is 18.3. The number of halogens is 1. The Hall–Kier alpha value is -3.56. The fraction of sp³-hybridized carbons (Fsp3) is 0.200. The number of amides is 2. The summed E-state index contributed by atoms with van der Waals surface area (Å²) < 4.78 is 11.1. The van der Waals surface area contributed by atoms with Crippen LogP contribution < -0.4 is 19.4 Å². The number of anilines is 2. The van der Waals surface area contributed by atoms with Gasteiger partial charge in [0.05, 0.1) is 36.1 Å². The molecule has 2 heterocycles. The van der Waals surface area contributed by atoms with Crippen LogP contribution in [0.3, 0.4) is 0 Å². The summed E-state index contributed by atoms with van der Waals surface area (Å²) in [7, 11) is 2.93. The molecule has 5 rings (SSSR count). The first-order chi connectivity index (χ1) is 16.5. The first-order valence-corrected chi connectivity index (χ1v) is 11.3. The lowest BCUT2D eigenvalue weighted by Gasteiger charge is -2.29. The van der Waals surface area contributed by atoms with Gasteiger partial charge in [-0.05, 0) is 57.9 Å². The number of hydroxylamine groups is 1. The third-order valence-corrected chi connectivity index (χ3v) is 6.67. The molecule has 2 aliphatic rings. The number of aromatic hydroxyl groups is 1. The Morgan fingerprint density at radius 1 is 0.912 bits per heavy atom. The van der Waals surface area contributed by atoms with E-state index in [9.17, 15) is 14.7 Å². The van der Waals surface area contributed by atoms with Crippen LogP contribution in [0, 0.1) is 5.92 Å². The second-order valence-corrected chi connectivity index (χ2v) is 8.75. The van der Waals surface area contributed by atoms with Gasteiger partial charge in [-0.3, -0.25) is 14.4 Å². The quantitative estimate of drug-likeness (QED) is 0.499. The van der Waals surface area contributed by atoms with E-state index < -0.39 is 29.9 Å². The summed E-state index contributed by atoms with van der Waals surface area (Å²) in [5, 5.41) is 11.9. The summed E-state index contributed by atoms with van der Waals surface area (Å²) in [6.07, 6.45) is -1.03. The lowest BCUT2D eigenvalue weighted by Crippen LogP contribution is -2.37. The Bertz CT molecular complexity index is 1270. The van der Waals surface area contributed by atoms with Crippen molar-refractivity contribution in [3.05, 3.63) is 76.8 Å². The van der Waals surface area contributed by atoms with Gasteiger partial charge in [-0.1, -0.05) is 30.3 Å². The smallest absolute Gasteiger partial charge is 0.266 e. The second-order valence-electron chi connectivity index (χ2n) is 7.90. The van der Waals surface area contributed by atoms with Crippen LogP contribution in [0.25, 0.3) is 0 Å². The zero-order chi connectivity index (χ0) is 24.0. The van der Waals surface area contributed by atoms with Crippen molar-refractivity contribution >= 4 is 39.1 Å². The number of phenolic OH excluding ortho intramolecular Hbond substituents is 1. The molecule has 2 amide bonds. The van der Waals surface area contributed by atoms with Crippen LogP contribution >= 0.6 is 15.9 Å². The number of phenols is 1. The minimum atomic E-state index is -1.03. The maximum atomic E-state index is 13.8. The van der Waals surface area contributed by atoms with Crippen LogP contribution in [0.1, 0.15) is 11.6 Å². The van der Waals surface area contributed by atoms with E-state index in [0.29, 0.717) is 27.2 Å². The highest BCUT2D eigenvalue weighted by atomic mass is 79.9. The predicted octanol–water partition coefficient (Wildman–Crippen LogP) is 4.22. The fourth-order valence-corrected chi connectivity index (χ4v) is 4.98. The number of fused-ring (bicyclic) bond motifs is 1. The number of hydrogen-bond acceptors (Lipinski definition) is 7. The van der Waals surface area contributed by atoms with Crippen molar-refractivity contribution in [2.24, 2.45) is 5.92 Å². The first-order valence-electron chi connectivity index (χ1n) is 10.5. The van der Waals surface area contributed by atoms with Gasteiger partial charge in [-0.15, -0.1) is 0 Å². The highest BCUT2D eigenvalue weighted by molar-refractivity contribution is 9.10. The molecule has 2 fully saturated rings. The third kappa shape index (κ3) is 3.39. The fourth-order valence-electron chi connectivity index (χ4n) is 4.52. The average Bonchev–Trinajstić information content (AvgIpc) is 3.37. The molecular weight excluding hydrogens is 504 g/mol. The molecule has 1 N–H and O–H groups in total. The van der Waals surface area contributed by atoms with Crippen molar-refractivity contribution < 1.29 is 29.0 Å². The minimum absolute atomic E-state index is 0.0579. The number of carbonyl (C=O) groups is 2. The molecule has 0 saturated carbocycles. The summed E-state index contributed by atoms with van der Waals surface area (Å²) in [5.41, 5.74) is 1.70. The SMILES string of the molecule is COc1ccccc1N1C(=O)[C@@H]2[C@H](ON(c3ccccc3)[C@H]2c2cc(Br)c(O)c(OC)c2)C1=O. The van der Waals surface area contributed by atoms with E-state index in [1.54, 1.807) is 41.5 Å². The number of para-hydroxylation sites is 3. The summed E-state index contributed by atoms with van der Waals surface area (Å²) in [6.45, 7) is 0. The van der Waals surface area contributed by atoms with Gasteiger partial charge in [0.15, 0.2) is 17.6 Å². The molecule has 3 aromatic carbocycles. The van der Waals surface area contributed by atoms with Gasteiger partial charge in [-0.2, -0.15) is 0 Å². The Kier molecular flexibility index (Phi) is 5.66. The van der Waals surface area contributed by atoms with Crippen molar-refractivity contribution in [2.75, 3.05) is 24.2 Å². The van der Waals surface area contributed by atoms with Crippen LogP contribution in [0.4, 0.5) is 11.4 Å². The third-order valence-electron chi connectivity index (χ3n) is 6.06. The van der Waals surface area contributed by atoms with E-state index in [2.05, 4.69) is 15.9 Å². The minimum Gasteiger partial charge on any atom is -0.503 e. The van der Waals surface area contributed by atoms with Crippen molar-refractivity contribution in [3.63, 3.8) is 0 Å². The summed E-state index contributed by atoms with van der Waals surface area (Å²) in [6, 6.07) is 18.8. The van der Waals surface area contributed by atoms with E-state index in [0.717, 1.165) is 4.90 Å². The van der Waals surface area contributed by atoms with Crippen molar-refractivity contribution in [1.82, 2.24) is 0 Å². The topological polar surface area (TPSA) is 88.5 Å². The van der Waals surface area contributed by atoms with Gasteiger partial charge in [0.1, 0.15) is 11.7 Å². The summed E-state index contributed by atoms with van der Waals surface area (Å²) in [5.74, 6) is -1.11. The van der Waals surface area contributed by atoms with Crippen LogP contribution in [-0.4, -0.2) is 37.2 Å². The number of carbonyl (C=O) groups excluding carboxylic acids is 2. The van der Waals surface area contributed by atoms with E-state index in [4.69, 9.17) is 14.3 Å². The van der Waals surface area contributed by atoms with Gasteiger partial charge in [0.2, 0.25) is 5.91 Å². The molecule has 9 heteroatoms. The van der Waals surface area contributed by atoms with E-state index >= 15 is 0 Å². The normalized spacial score (nSPS) is 21.7. The predicted molar refractivity (Wildman–Crippen MR) is 128 cm³/mol. The monoisotopic (exact) mass is 524 g/mol. The molecule has 0 spiro atoms. The van der Waals surface area contributed by atoms with Crippen LogP contribution in [0.15, 0.2) is 71.2 Å². The number of imide groups is 1. The highest BCUT2D eigenvalue weighted by Gasteiger charge is 2.60. The van der Waals surface area contributed by atoms with Crippen LogP contribution in [0.2, 0.25) is 0 Å². The van der Waals surface area contributed by atoms with Gasteiger partial charge < -0.3 is 14.6 Å². The Labute approximate surface area is 204 Å². The Balaban J connectivity index is 1.64.